The lowest BCUT2D eigenvalue weighted by molar-refractivity contribution is 0.690. The van der Waals surface area contributed by atoms with Crippen LogP contribution in [0.5, 0.6) is 0 Å². The molecule has 0 amide bonds. The van der Waals surface area contributed by atoms with Gasteiger partial charge in [-0.15, -0.1) is 0 Å². The SMILES string of the molecule is [CH2]CC=C(F)Cl. The van der Waals surface area contributed by atoms with Gasteiger partial charge in [-0.2, -0.15) is 4.39 Å². The van der Waals surface area contributed by atoms with E-state index in [1.54, 1.807) is 0 Å². The van der Waals surface area contributed by atoms with Crippen molar-refractivity contribution in [2.75, 3.05) is 0 Å². The molecule has 0 aromatic rings. The average molecular weight is 108 g/mol. The van der Waals surface area contributed by atoms with Gasteiger partial charge in [0.25, 0.3) is 0 Å². The minimum Gasteiger partial charge on any atom is -0.194 e. The Hall–Kier alpha value is -0.0400. The molecule has 0 N–H and O–H groups in total. The lowest BCUT2D eigenvalue weighted by Gasteiger charge is -1.72. The highest BCUT2D eigenvalue weighted by Crippen LogP contribution is 2.01. The maximum atomic E-state index is 11.3. The predicted molar refractivity (Wildman–Crippen MR) is 25.0 cm³/mol. The topological polar surface area (TPSA) is 0 Å². The summed E-state index contributed by atoms with van der Waals surface area (Å²) >= 11 is 4.73. The van der Waals surface area contributed by atoms with Crippen molar-refractivity contribution in [3.8, 4) is 0 Å². The first-order valence-corrected chi connectivity index (χ1v) is 1.95. The van der Waals surface area contributed by atoms with Gasteiger partial charge in [-0.05, 0) is 19.4 Å². The van der Waals surface area contributed by atoms with E-state index in [0.717, 1.165) is 0 Å². The zero-order valence-electron chi connectivity index (χ0n) is 3.25. The molecule has 0 saturated heterocycles. The van der Waals surface area contributed by atoms with Crippen molar-refractivity contribution in [3.63, 3.8) is 0 Å². The van der Waals surface area contributed by atoms with Gasteiger partial charge in [0.1, 0.15) is 0 Å². The fourth-order valence-electron chi connectivity index (χ4n) is 0.109. The second kappa shape index (κ2) is 3.16. The number of allylic oxidation sites excluding steroid dienone is 1. The van der Waals surface area contributed by atoms with Crippen molar-refractivity contribution in [2.45, 2.75) is 6.42 Å². The molecule has 0 aromatic carbocycles. The first kappa shape index (κ1) is 5.96. The molecule has 35 valence electrons. The van der Waals surface area contributed by atoms with Crippen LogP contribution in [0.2, 0.25) is 0 Å². The molecule has 0 aliphatic heterocycles. The Labute approximate surface area is 41.6 Å². The van der Waals surface area contributed by atoms with E-state index < -0.39 is 5.29 Å². The highest BCUT2D eigenvalue weighted by Gasteiger charge is 1.76. The van der Waals surface area contributed by atoms with Gasteiger partial charge >= 0.3 is 0 Å². The third-order valence-electron chi connectivity index (χ3n) is 0.299. The third-order valence-corrected chi connectivity index (χ3v) is 0.453. The summed E-state index contributed by atoms with van der Waals surface area (Å²) in [5, 5.41) is -0.676. The molecular formula is C4H5ClF. The minimum absolute atomic E-state index is 0.412. The fraction of sp³-hybridized carbons (Fsp3) is 0.250. The van der Waals surface area contributed by atoms with Crippen LogP contribution in [0.3, 0.4) is 0 Å². The van der Waals surface area contributed by atoms with Gasteiger partial charge in [0, 0.05) is 0 Å². The molecule has 0 atom stereocenters. The molecular weight excluding hydrogens is 102 g/mol. The minimum atomic E-state index is -0.676. The summed E-state index contributed by atoms with van der Waals surface area (Å²) in [6.45, 7) is 3.32. The van der Waals surface area contributed by atoms with E-state index in [1.165, 1.54) is 6.08 Å². The van der Waals surface area contributed by atoms with Crippen LogP contribution >= 0.6 is 11.6 Å². The molecule has 0 spiro atoms. The third kappa shape index (κ3) is 3.96. The van der Waals surface area contributed by atoms with E-state index in [-0.39, 0.29) is 0 Å². The van der Waals surface area contributed by atoms with E-state index in [9.17, 15) is 4.39 Å². The molecule has 2 heteroatoms. The number of hydrogen-bond acceptors (Lipinski definition) is 0. The molecule has 0 heterocycles. The molecule has 0 rings (SSSR count). The lowest BCUT2D eigenvalue weighted by Crippen LogP contribution is -1.52. The molecule has 0 aliphatic rings. The highest BCUT2D eigenvalue weighted by molar-refractivity contribution is 6.28. The van der Waals surface area contributed by atoms with Gasteiger partial charge in [-0.3, -0.25) is 0 Å². The van der Waals surface area contributed by atoms with Crippen molar-refractivity contribution in [1.82, 2.24) is 0 Å². The summed E-state index contributed by atoms with van der Waals surface area (Å²) in [7, 11) is 0. The molecule has 1 radical (unpaired) electrons. The summed E-state index contributed by atoms with van der Waals surface area (Å²) in [6, 6.07) is 0. The zero-order valence-corrected chi connectivity index (χ0v) is 4.00. The van der Waals surface area contributed by atoms with Crippen LogP contribution in [-0.4, -0.2) is 0 Å². The quantitative estimate of drug-likeness (QED) is 0.482. The fourth-order valence-corrected chi connectivity index (χ4v) is 0.218. The van der Waals surface area contributed by atoms with Gasteiger partial charge in [0.15, 0.2) is 5.29 Å². The summed E-state index contributed by atoms with van der Waals surface area (Å²) in [6.07, 6.45) is 1.61. The first-order chi connectivity index (χ1) is 2.77. The molecule has 0 bridgehead atoms. The Balaban J connectivity index is 3.14. The first-order valence-electron chi connectivity index (χ1n) is 1.57. The second-order valence-electron chi connectivity index (χ2n) is 0.782. The molecule has 0 aliphatic carbocycles. The van der Waals surface area contributed by atoms with Crippen LogP contribution in [0.25, 0.3) is 0 Å². The Morgan fingerprint density at radius 3 is 2.50 bits per heavy atom. The average Bonchev–Trinajstić information content (AvgIpc) is 1.35. The van der Waals surface area contributed by atoms with E-state index in [4.69, 9.17) is 11.6 Å². The van der Waals surface area contributed by atoms with Crippen LogP contribution < -0.4 is 0 Å². The van der Waals surface area contributed by atoms with E-state index in [0.29, 0.717) is 6.42 Å². The largest absolute Gasteiger partial charge is 0.194 e. The van der Waals surface area contributed by atoms with E-state index >= 15 is 0 Å². The van der Waals surface area contributed by atoms with E-state index in [1.807, 2.05) is 0 Å². The van der Waals surface area contributed by atoms with Crippen molar-refractivity contribution >= 4 is 11.6 Å². The zero-order chi connectivity index (χ0) is 4.99. The number of hydrogen-bond donors (Lipinski definition) is 0. The van der Waals surface area contributed by atoms with Gasteiger partial charge in [0.05, 0.1) is 0 Å². The van der Waals surface area contributed by atoms with E-state index in [2.05, 4.69) is 6.92 Å². The van der Waals surface area contributed by atoms with Gasteiger partial charge in [-0.25, -0.2) is 0 Å². The molecule has 0 fully saturated rings. The summed E-state index contributed by atoms with van der Waals surface area (Å²) in [5.74, 6) is 0. The van der Waals surface area contributed by atoms with Crippen LogP contribution in [-0.2, 0) is 0 Å². The Kier molecular flexibility index (Phi) is 3.14. The summed E-state index contributed by atoms with van der Waals surface area (Å²) < 4.78 is 11.3. The standard InChI is InChI=1S/C4H5ClF/c1-2-3-4(5)6/h3H,1-2H2. The van der Waals surface area contributed by atoms with Crippen molar-refractivity contribution in [2.24, 2.45) is 0 Å². The smallest absolute Gasteiger partial charge is 0.185 e. The molecule has 6 heavy (non-hydrogen) atoms. The highest BCUT2D eigenvalue weighted by atomic mass is 35.5. The van der Waals surface area contributed by atoms with Crippen LogP contribution in [0.15, 0.2) is 11.4 Å². The van der Waals surface area contributed by atoms with Gasteiger partial charge < -0.3 is 0 Å². The van der Waals surface area contributed by atoms with Crippen molar-refractivity contribution < 1.29 is 4.39 Å². The second-order valence-corrected chi connectivity index (χ2v) is 1.14. The molecule has 0 unspecified atom stereocenters. The Bertz CT molecular complexity index is 54.6. The monoisotopic (exact) mass is 107 g/mol. The van der Waals surface area contributed by atoms with Crippen LogP contribution in [0.1, 0.15) is 6.42 Å². The van der Waals surface area contributed by atoms with Gasteiger partial charge in [0.2, 0.25) is 0 Å². The summed E-state index contributed by atoms with van der Waals surface area (Å²) in [5.41, 5.74) is 0. The normalized spacial score (nSPS) is 12.2. The lowest BCUT2D eigenvalue weighted by atomic mass is 10.5. The Morgan fingerprint density at radius 1 is 2.00 bits per heavy atom. The van der Waals surface area contributed by atoms with Crippen LogP contribution in [0.4, 0.5) is 4.39 Å². The number of halogens is 2. The van der Waals surface area contributed by atoms with Crippen LogP contribution in [0, 0.1) is 6.92 Å². The van der Waals surface area contributed by atoms with Gasteiger partial charge in [-0.1, -0.05) is 11.6 Å². The predicted octanol–water partition coefficient (Wildman–Crippen LogP) is 2.26. The van der Waals surface area contributed by atoms with Crippen molar-refractivity contribution in [1.29, 1.82) is 0 Å². The maximum absolute atomic E-state index is 11.3. The molecule has 0 saturated carbocycles. The Morgan fingerprint density at radius 2 is 2.50 bits per heavy atom. The molecule has 0 aromatic heterocycles. The molecule has 0 nitrogen and oxygen atoms in total. The van der Waals surface area contributed by atoms with Crippen molar-refractivity contribution in [3.05, 3.63) is 18.3 Å². The maximum Gasteiger partial charge on any atom is 0.185 e. The summed E-state index contributed by atoms with van der Waals surface area (Å²) in [4.78, 5) is 0. The number of rotatable bonds is 1.